The van der Waals surface area contributed by atoms with Crippen LogP contribution in [0.25, 0.3) is 17.1 Å². The molecule has 0 bridgehead atoms. The van der Waals surface area contributed by atoms with Gasteiger partial charge in [0.15, 0.2) is 0 Å². The van der Waals surface area contributed by atoms with Gasteiger partial charge in [0, 0.05) is 30.4 Å². The lowest BCUT2D eigenvalue weighted by Gasteiger charge is -2.21. The van der Waals surface area contributed by atoms with Gasteiger partial charge in [-0.25, -0.2) is 4.98 Å². The summed E-state index contributed by atoms with van der Waals surface area (Å²) in [6.07, 6.45) is 8.60. The van der Waals surface area contributed by atoms with Crippen LogP contribution in [0.2, 0.25) is 0 Å². The zero-order chi connectivity index (χ0) is 17.3. The quantitative estimate of drug-likeness (QED) is 0.669. The standard InChI is InChI=1S/C21H25N3/c1-15-11-17(13-21(3,4)5)12-16(2)19(15)24-10-9-23-20(24)18-7-6-8-22-14-18/h6-12,14H,13H2,1-5H3. The number of hydrogen-bond acceptors (Lipinski definition) is 2. The Morgan fingerprint density at radius 3 is 2.33 bits per heavy atom. The first-order chi connectivity index (χ1) is 11.3. The van der Waals surface area contributed by atoms with E-state index in [0.717, 1.165) is 17.8 Å². The second kappa shape index (κ2) is 6.23. The molecule has 0 atom stereocenters. The maximum atomic E-state index is 4.55. The molecule has 0 N–H and O–H groups in total. The molecule has 0 aliphatic carbocycles. The maximum absolute atomic E-state index is 4.55. The summed E-state index contributed by atoms with van der Waals surface area (Å²) in [5.74, 6) is 0.929. The molecule has 3 rings (SSSR count). The molecule has 0 radical (unpaired) electrons. The molecule has 0 aliphatic heterocycles. The third-order valence-corrected chi connectivity index (χ3v) is 4.09. The average molecular weight is 319 g/mol. The van der Waals surface area contributed by atoms with Crippen LogP contribution in [0, 0.1) is 19.3 Å². The summed E-state index contributed by atoms with van der Waals surface area (Å²) in [7, 11) is 0. The third kappa shape index (κ3) is 3.40. The Balaban J connectivity index is 2.07. The molecule has 0 saturated heterocycles. The van der Waals surface area contributed by atoms with Crippen molar-refractivity contribution in [1.29, 1.82) is 0 Å². The van der Waals surface area contributed by atoms with Gasteiger partial charge < -0.3 is 0 Å². The van der Waals surface area contributed by atoms with E-state index in [-0.39, 0.29) is 5.41 Å². The molecular formula is C21H25N3. The number of nitrogens with zero attached hydrogens (tertiary/aromatic N) is 3. The minimum absolute atomic E-state index is 0.288. The number of benzene rings is 1. The molecular weight excluding hydrogens is 294 g/mol. The van der Waals surface area contributed by atoms with Crippen LogP contribution in [0.3, 0.4) is 0 Å². The number of imidazole rings is 1. The minimum atomic E-state index is 0.288. The first-order valence-electron chi connectivity index (χ1n) is 8.39. The van der Waals surface area contributed by atoms with E-state index in [2.05, 4.69) is 61.3 Å². The Labute approximate surface area is 144 Å². The summed E-state index contributed by atoms with van der Waals surface area (Å²) >= 11 is 0. The predicted octanol–water partition coefficient (Wildman–Crippen LogP) is 5.14. The molecule has 2 heterocycles. The summed E-state index contributed by atoms with van der Waals surface area (Å²) in [5, 5.41) is 0. The number of aryl methyl sites for hydroxylation is 2. The van der Waals surface area contributed by atoms with Gasteiger partial charge in [0.1, 0.15) is 5.82 Å². The van der Waals surface area contributed by atoms with Crippen molar-refractivity contribution in [2.75, 3.05) is 0 Å². The summed E-state index contributed by atoms with van der Waals surface area (Å²) in [4.78, 5) is 8.77. The smallest absolute Gasteiger partial charge is 0.146 e. The van der Waals surface area contributed by atoms with Crippen molar-refractivity contribution in [2.24, 2.45) is 5.41 Å². The van der Waals surface area contributed by atoms with Crippen molar-refractivity contribution in [3.05, 3.63) is 65.7 Å². The van der Waals surface area contributed by atoms with Crippen molar-refractivity contribution in [1.82, 2.24) is 14.5 Å². The van der Waals surface area contributed by atoms with Crippen LogP contribution < -0.4 is 0 Å². The van der Waals surface area contributed by atoms with Crippen LogP contribution in [0.4, 0.5) is 0 Å². The third-order valence-electron chi connectivity index (χ3n) is 4.09. The number of aromatic nitrogens is 3. The highest BCUT2D eigenvalue weighted by molar-refractivity contribution is 5.60. The Bertz CT molecular complexity index is 816. The zero-order valence-corrected chi connectivity index (χ0v) is 15.2. The minimum Gasteiger partial charge on any atom is -0.299 e. The fourth-order valence-corrected chi connectivity index (χ4v) is 3.33. The molecule has 1 aromatic carbocycles. The van der Waals surface area contributed by atoms with Crippen molar-refractivity contribution in [2.45, 2.75) is 41.0 Å². The van der Waals surface area contributed by atoms with Crippen LogP contribution in [0.1, 0.15) is 37.5 Å². The highest BCUT2D eigenvalue weighted by Gasteiger charge is 2.16. The van der Waals surface area contributed by atoms with Crippen LogP contribution >= 0.6 is 0 Å². The van der Waals surface area contributed by atoms with Gasteiger partial charge in [-0.3, -0.25) is 9.55 Å². The van der Waals surface area contributed by atoms with Crippen molar-refractivity contribution >= 4 is 0 Å². The maximum Gasteiger partial charge on any atom is 0.146 e. The Morgan fingerprint density at radius 2 is 1.75 bits per heavy atom. The van der Waals surface area contributed by atoms with Crippen molar-refractivity contribution in [3.8, 4) is 17.1 Å². The lowest BCUT2D eigenvalue weighted by Crippen LogP contribution is -2.10. The van der Waals surface area contributed by atoms with Crippen LogP contribution in [0.15, 0.2) is 49.1 Å². The molecule has 0 spiro atoms. The lowest BCUT2D eigenvalue weighted by molar-refractivity contribution is 0.411. The molecule has 3 nitrogen and oxygen atoms in total. The van der Waals surface area contributed by atoms with Gasteiger partial charge in [-0.05, 0) is 54.5 Å². The Kier molecular flexibility index (Phi) is 4.27. The molecule has 0 fully saturated rings. The van der Waals surface area contributed by atoms with E-state index in [1.165, 1.54) is 22.4 Å². The lowest BCUT2D eigenvalue weighted by atomic mass is 9.87. The van der Waals surface area contributed by atoms with Crippen LogP contribution in [-0.4, -0.2) is 14.5 Å². The first kappa shape index (κ1) is 16.4. The van der Waals surface area contributed by atoms with Gasteiger partial charge in [-0.15, -0.1) is 0 Å². The number of rotatable bonds is 3. The fourth-order valence-electron chi connectivity index (χ4n) is 3.33. The van der Waals surface area contributed by atoms with Gasteiger partial charge in [-0.1, -0.05) is 32.9 Å². The van der Waals surface area contributed by atoms with Gasteiger partial charge in [-0.2, -0.15) is 0 Å². The van der Waals surface area contributed by atoms with Crippen LogP contribution in [0.5, 0.6) is 0 Å². The van der Waals surface area contributed by atoms with E-state index < -0.39 is 0 Å². The van der Waals surface area contributed by atoms with Gasteiger partial charge in [0.2, 0.25) is 0 Å². The molecule has 0 saturated carbocycles. The zero-order valence-electron chi connectivity index (χ0n) is 15.2. The van der Waals surface area contributed by atoms with E-state index in [9.17, 15) is 0 Å². The molecule has 0 aliphatic rings. The Morgan fingerprint density at radius 1 is 1.04 bits per heavy atom. The highest BCUT2D eigenvalue weighted by atomic mass is 15.1. The molecule has 0 unspecified atom stereocenters. The monoisotopic (exact) mass is 319 g/mol. The average Bonchev–Trinajstić information content (AvgIpc) is 2.95. The normalized spacial score (nSPS) is 11.7. The van der Waals surface area contributed by atoms with E-state index >= 15 is 0 Å². The highest BCUT2D eigenvalue weighted by Crippen LogP contribution is 2.29. The summed E-state index contributed by atoms with van der Waals surface area (Å²) < 4.78 is 2.17. The predicted molar refractivity (Wildman–Crippen MR) is 99.4 cm³/mol. The summed E-state index contributed by atoms with van der Waals surface area (Å²) in [5.41, 5.74) is 6.47. The van der Waals surface area contributed by atoms with Crippen molar-refractivity contribution in [3.63, 3.8) is 0 Å². The topological polar surface area (TPSA) is 30.7 Å². The van der Waals surface area contributed by atoms with Crippen molar-refractivity contribution < 1.29 is 0 Å². The number of pyridine rings is 1. The first-order valence-corrected chi connectivity index (χ1v) is 8.39. The molecule has 3 aromatic rings. The van der Waals surface area contributed by atoms with E-state index in [1.807, 2.05) is 30.7 Å². The summed E-state index contributed by atoms with van der Waals surface area (Å²) in [6, 6.07) is 8.60. The molecule has 24 heavy (non-hydrogen) atoms. The SMILES string of the molecule is Cc1cc(CC(C)(C)C)cc(C)c1-n1ccnc1-c1cccnc1. The largest absolute Gasteiger partial charge is 0.299 e. The second-order valence-corrected chi connectivity index (χ2v) is 7.68. The molecule has 0 amide bonds. The fraction of sp³-hybridized carbons (Fsp3) is 0.333. The van der Waals surface area contributed by atoms with Gasteiger partial charge >= 0.3 is 0 Å². The molecule has 124 valence electrons. The van der Waals surface area contributed by atoms with Gasteiger partial charge in [0.25, 0.3) is 0 Å². The summed E-state index contributed by atoms with van der Waals surface area (Å²) in [6.45, 7) is 11.2. The molecule has 2 aromatic heterocycles. The second-order valence-electron chi connectivity index (χ2n) is 7.68. The van der Waals surface area contributed by atoms with E-state index in [4.69, 9.17) is 0 Å². The molecule has 3 heteroatoms. The van der Waals surface area contributed by atoms with Crippen LogP contribution in [-0.2, 0) is 6.42 Å². The van der Waals surface area contributed by atoms with E-state index in [1.54, 1.807) is 6.20 Å². The van der Waals surface area contributed by atoms with E-state index in [0.29, 0.717) is 0 Å². The Hall–Kier alpha value is -2.42. The number of hydrogen-bond donors (Lipinski definition) is 0. The van der Waals surface area contributed by atoms with Gasteiger partial charge in [0.05, 0.1) is 5.69 Å².